The first-order valence-corrected chi connectivity index (χ1v) is 9.26. The molecule has 0 unspecified atom stereocenters. The summed E-state index contributed by atoms with van der Waals surface area (Å²) in [6.07, 6.45) is 4.52. The zero-order chi connectivity index (χ0) is 16.1. The molecule has 23 heavy (non-hydrogen) atoms. The molecule has 0 radical (unpaired) electrons. The summed E-state index contributed by atoms with van der Waals surface area (Å²) in [4.78, 5) is 28.6. The Bertz CT molecular complexity index is 592. The first-order chi connectivity index (χ1) is 11.3. The lowest BCUT2D eigenvalue weighted by atomic mass is 10.1. The largest absolute Gasteiger partial charge is 0.341 e. The Labute approximate surface area is 141 Å². The van der Waals surface area contributed by atoms with Gasteiger partial charge in [-0.15, -0.1) is 11.8 Å². The summed E-state index contributed by atoms with van der Waals surface area (Å²) in [5.41, 5.74) is 1.83. The molecule has 4 nitrogen and oxygen atoms in total. The Morgan fingerprint density at radius 3 is 2.43 bits per heavy atom. The van der Waals surface area contributed by atoms with E-state index in [4.69, 9.17) is 0 Å². The van der Waals surface area contributed by atoms with Gasteiger partial charge in [-0.3, -0.25) is 9.59 Å². The van der Waals surface area contributed by atoms with Crippen LogP contribution in [0, 0.1) is 0 Å². The molecule has 0 bridgehead atoms. The predicted molar refractivity (Wildman–Crippen MR) is 93.6 cm³/mol. The minimum Gasteiger partial charge on any atom is -0.341 e. The normalized spacial score (nSPS) is 19.3. The van der Waals surface area contributed by atoms with Gasteiger partial charge in [0.1, 0.15) is 6.54 Å². The molecular weight excluding hydrogens is 308 g/mol. The third-order valence-electron chi connectivity index (χ3n) is 4.32. The van der Waals surface area contributed by atoms with Crippen LogP contribution in [0.5, 0.6) is 0 Å². The molecule has 0 spiro atoms. The van der Waals surface area contributed by atoms with Gasteiger partial charge in [-0.1, -0.05) is 43.2 Å². The highest BCUT2D eigenvalue weighted by molar-refractivity contribution is 8.03. The summed E-state index contributed by atoms with van der Waals surface area (Å²) in [6.45, 7) is 1.79. The van der Waals surface area contributed by atoms with Gasteiger partial charge in [0.25, 0.3) is 0 Å². The lowest BCUT2D eigenvalue weighted by Crippen LogP contribution is -2.43. The second-order valence-corrected chi connectivity index (χ2v) is 6.81. The summed E-state index contributed by atoms with van der Waals surface area (Å²) < 4.78 is 0. The van der Waals surface area contributed by atoms with Gasteiger partial charge in [-0.05, 0) is 23.8 Å². The van der Waals surface area contributed by atoms with E-state index in [1.165, 1.54) is 24.6 Å². The number of hydrogen-bond acceptors (Lipinski definition) is 3. The van der Waals surface area contributed by atoms with Gasteiger partial charge in [0, 0.05) is 13.1 Å². The zero-order valence-corrected chi connectivity index (χ0v) is 14.1. The van der Waals surface area contributed by atoms with Crippen LogP contribution in [0.25, 0.3) is 5.70 Å². The van der Waals surface area contributed by atoms with Gasteiger partial charge in [-0.25, -0.2) is 0 Å². The third kappa shape index (κ3) is 3.96. The molecule has 0 N–H and O–H groups in total. The zero-order valence-electron chi connectivity index (χ0n) is 13.2. The number of likely N-dealkylation sites (tertiary alicyclic amines) is 1. The van der Waals surface area contributed by atoms with Crippen LogP contribution in [0.4, 0.5) is 0 Å². The van der Waals surface area contributed by atoms with Crippen molar-refractivity contribution in [2.45, 2.75) is 25.7 Å². The molecule has 2 heterocycles. The van der Waals surface area contributed by atoms with Crippen LogP contribution >= 0.6 is 11.8 Å². The van der Waals surface area contributed by atoms with Crippen LogP contribution < -0.4 is 0 Å². The topological polar surface area (TPSA) is 40.6 Å². The maximum atomic E-state index is 12.6. The van der Waals surface area contributed by atoms with Crippen LogP contribution in [0.2, 0.25) is 0 Å². The maximum absolute atomic E-state index is 12.6. The monoisotopic (exact) mass is 330 g/mol. The summed E-state index contributed by atoms with van der Waals surface area (Å²) in [5.74, 6) is 0.484. The van der Waals surface area contributed by atoms with Crippen molar-refractivity contribution >= 4 is 29.3 Å². The minimum atomic E-state index is 0.0134. The van der Waals surface area contributed by atoms with Crippen molar-refractivity contribution in [1.82, 2.24) is 9.80 Å². The van der Waals surface area contributed by atoms with Crippen LogP contribution in [0.3, 0.4) is 0 Å². The second-order valence-electron chi connectivity index (χ2n) is 5.96. The summed E-state index contributed by atoms with van der Waals surface area (Å²) in [7, 11) is 0. The number of carbonyl (C=O) groups excluding carboxylic acids is 2. The Hall–Kier alpha value is -1.75. The lowest BCUT2D eigenvalue weighted by Gasteiger charge is -2.30. The first kappa shape index (κ1) is 16.1. The molecule has 1 aromatic rings. The van der Waals surface area contributed by atoms with E-state index in [-0.39, 0.29) is 18.4 Å². The van der Waals surface area contributed by atoms with Crippen molar-refractivity contribution in [2.75, 3.05) is 25.4 Å². The van der Waals surface area contributed by atoms with E-state index in [1.54, 1.807) is 4.90 Å². The number of hydrogen-bond donors (Lipinski definition) is 0. The quantitative estimate of drug-likeness (QED) is 0.855. The fourth-order valence-electron chi connectivity index (χ4n) is 3.03. The van der Waals surface area contributed by atoms with E-state index in [9.17, 15) is 9.59 Å². The highest BCUT2D eigenvalue weighted by Crippen LogP contribution is 2.28. The Morgan fingerprint density at radius 2 is 1.74 bits per heavy atom. The van der Waals surface area contributed by atoms with Crippen LogP contribution in [0.15, 0.2) is 35.7 Å². The van der Waals surface area contributed by atoms with E-state index < -0.39 is 0 Å². The van der Waals surface area contributed by atoms with Crippen LogP contribution in [-0.2, 0) is 9.59 Å². The molecule has 0 saturated carbocycles. The number of amides is 2. The summed E-state index contributed by atoms with van der Waals surface area (Å²) >= 11 is 1.50. The SMILES string of the molecule is O=C(CN1C(=O)CSC=C1c1ccccc1)N1CCCCCC1. The fourth-order valence-corrected chi connectivity index (χ4v) is 3.83. The number of thioether (sulfide) groups is 1. The first-order valence-electron chi connectivity index (χ1n) is 8.21. The molecule has 2 aliphatic heterocycles. The van der Waals surface area contributed by atoms with Crippen molar-refractivity contribution in [2.24, 2.45) is 0 Å². The Morgan fingerprint density at radius 1 is 1.04 bits per heavy atom. The van der Waals surface area contributed by atoms with Gasteiger partial charge < -0.3 is 9.80 Å². The van der Waals surface area contributed by atoms with Gasteiger partial charge >= 0.3 is 0 Å². The van der Waals surface area contributed by atoms with E-state index in [2.05, 4.69) is 0 Å². The molecule has 1 saturated heterocycles. The molecule has 3 rings (SSSR count). The molecule has 5 heteroatoms. The Balaban J connectivity index is 1.75. The van der Waals surface area contributed by atoms with Gasteiger partial charge in [0.2, 0.25) is 11.8 Å². The van der Waals surface area contributed by atoms with E-state index in [0.29, 0.717) is 5.75 Å². The third-order valence-corrected chi connectivity index (χ3v) is 5.12. The number of nitrogens with zero attached hydrogens (tertiary/aromatic N) is 2. The van der Waals surface area contributed by atoms with Gasteiger partial charge in [-0.2, -0.15) is 0 Å². The molecular formula is C18H22N2O2S. The van der Waals surface area contributed by atoms with E-state index >= 15 is 0 Å². The molecule has 0 atom stereocenters. The minimum absolute atomic E-state index is 0.0134. The standard InChI is InChI=1S/C18H22N2O2S/c21-17(19-10-6-1-2-7-11-19)12-20-16(13-23-14-18(20)22)15-8-4-3-5-9-15/h3-5,8-9,13H,1-2,6-7,10-12,14H2. The second kappa shape index (κ2) is 7.68. The average molecular weight is 330 g/mol. The summed E-state index contributed by atoms with van der Waals surface area (Å²) in [5, 5.41) is 1.99. The Kier molecular flexibility index (Phi) is 5.39. The molecule has 1 fully saturated rings. The predicted octanol–water partition coefficient (Wildman–Crippen LogP) is 2.96. The molecule has 2 aliphatic rings. The van der Waals surface area contributed by atoms with Crippen molar-refractivity contribution < 1.29 is 9.59 Å². The molecule has 122 valence electrons. The summed E-state index contributed by atoms with van der Waals surface area (Å²) in [6, 6.07) is 9.82. The maximum Gasteiger partial charge on any atom is 0.242 e. The highest BCUT2D eigenvalue weighted by atomic mass is 32.2. The van der Waals surface area contributed by atoms with Gasteiger partial charge in [0.15, 0.2) is 0 Å². The van der Waals surface area contributed by atoms with Crippen LogP contribution in [0.1, 0.15) is 31.2 Å². The average Bonchev–Trinajstić information content (AvgIpc) is 2.87. The van der Waals surface area contributed by atoms with Crippen molar-refractivity contribution in [3.63, 3.8) is 0 Å². The molecule has 0 aliphatic carbocycles. The smallest absolute Gasteiger partial charge is 0.242 e. The molecule has 1 aromatic carbocycles. The number of carbonyl (C=O) groups is 2. The van der Waals surface area contributed by atoms with Crippen molar-refractivity contribution in [3.05, 3.63) is 41.3 Å². The molecule has 0 aromatic heterocycles. The number of benzene rings is 1. The molecule has 2 amide bonds. The van der Waals surface area contributed by atoms with Crippen molar-refractivity contribution in [3.8, 4) is 0 Å². The lowest BCUT2D eigenvalue weighted by molar-refractivity contribution is -0.136. The van der Waals surface area contributed by atoms with Crippen molar-refractivity contribution in [1.29, 1.82) is 0 Å². The van der Waals surface area contributed by atoms with Gasteiger partial charge in [0.05, 0.1) is 11.4 Å². The van der Waals surface area contributed by atoms with E-state index in [1.807, 2.05) is 40.6 Å². The fraction of sp³-hybridized carbons (Fsp3) is 0.444. The highest BCUT2D eigenvalue weighted by Gasteiger charge is 2.27. The number of rotatable bonds is 3. The van der Waals surface area contributed by atoms with E-state index in [0.717, 1.165) is 37.2 Å². The van der Waals surface area contributed by atoms with Crippen LogP contribution in [-0.4, -0.2) is 47.0 Å².